The fourth-order valence-electron chi connectivity index (χ4n) is 3.93. The van der Waals surface area contributed by atoms with Crippen molar-refractivity contribution < 1.29 is 0 Å². The van der Waals surface area contributed by atoms with Gasteiger partial charge in [0.2, 0.25) is 0 Å². The molecule has 1 aliphatic heterocycles. The van der Waals surface area contributed by atoms with Crippen LogP contribution in [0.5, 0.6) is 0 Å². The number of aromatic nitrogens is 2. The molecule has 0 saturated carbocycles. The van der Waals surface area contributed by atoms with E-state index in [1.807, 2.05) is 6.92 Å². The van der Waals surface area contributed by atoms with Gasteiger partial charge in [0.1, 0.15) is 5.15 Å². The van der Waals surface area contributed by atoms with Crippen LogP contribution in [0, 0.1) is 6.92 Å². The van der Waals surface area contributed by atoms with Crippen molar-refractivity contribution in [1.82, 2.24) is 14.9 Å². The average Bonchev–Trinajstić information content (AvgIpc) is 3.24. The molecule has 3 aromatic rings. The summed E-state index contributed by atoms with van der Waals surface area (Å²) in [6.45, 7) is 4.00. The molecule has 3 heterocycles. The second-order valence-corrected chi connectivity index (χ2v) is 8.34. The number of pyridine rings is 1. The standard InChI is InChI=1S/C21H24ClN3S/c1-14-5-6-15(21(22)24-14)13-25-9-3-4-17(25)10-16-12-23-20-8-7-18(26-2)11-19(16)20/h5-8,11-12,17,23H,3-4,9-10,13H2,1-2H3. The molecule has 1 aromatic carbocycles. The van der Waals surface area contributed by atoms with Gasteiger partial charge in [-0.25, -0.2) is 4.98 Å². The summed E-state index contributed by atoms with van der Waals surface area (Å²) in [5.41, 5.74) is 4.75. The molecule has 0 radical (unpaired) electrons. The Bertz CT molecular complexity index is 921. The van der Waals surface area contributed by atoms with E-state index < -0.39 is 0 Å². The minimum Gasteiger partial charge on any atom is -0.361 e. The Kier molecular flexibility index (Phi) is 5.25. The first-order valence-corrected chi connectivity index (χ1v) is 10.7. The van der Waals surface area contributed by atoms with Gasteiger partial charge in [0.05, 0.1) is 0 Å². The molecule has 26 heavy (non-hydrogen) atoms. The van der Waals surface area contributed by atoms with Gasteiger partial charge in [0, 0.05) is 45.8 Å². The zero-order valence-corrected chi connectivity index (χ0v) is 16.8. The van der Waals surface area contributed by atoms with Gasteiger partial charge in [0.25, 0.3) is 0 Å². The second-order valence-electron chi connectivity index (χ2n) is 7.10. The average molecular weight is 386 g/mol. The highest BCUT2D eigenvalue weighted by Gasteiger charge is 2.26. The number of halogens is 1. The van der Waals surface area contributed by atoms with E-state index in [0.29, 0.717) is 11.2 Å². The third-order valence-corrected chi connectivity index (χ3v) is 6.42. The molecule has 3 nitrogen and oxygen atoms in total. The Hall–Kier alpha value is -1.49. The smallest absolute Gasteiger partial charge is 0.133 e. The number of H-pyrrole nitrogens is 1. The lowest BCUT2D eigenvalue weighted by Crippen LogP contribution is -2.30. The maximum absolute atomic E-state index is 6.36. The highest BCUT2D eigenvalue weighted by Crippen LogP contribution is 2.29. The van der Waals surface area contributed by atoms with Gasteiger partial charge < -0.3 is 4.98 Å². The van der Waals surface area contributed by atoms with Crippen LogP contribution in [0.15, 0.2) is 41.4 Å². The molecule has 4 rings (SSSR count). The minimum absolute atomic E-state index is 0.560. The van der Waals surface area contributed by atoms with Gasteiger partial charge in [-0.3, -0.25) is 4.90 Å². The molecule has 136 valence electrons. The lowest BCUT2D eigenvalue weighted by Gasteiger charge is -2.24. The van der Waals surface area contributed by atoms with Crippen molar-refractivity contribution in [3.63, 3.8) is 0 Å². The number of nitrogens with zero attached hydrogens (tertiary/aromatic N) is 2. The van der Waals surface area contributed by atoms with Gasteiger partial charge in [-0.2, -0.15) is 0 Å². The molecule has 0 aliphatic carbocycles. The number of aryl methyl sites for hydroxylation is 1. The summed E-state index contributed by atoms with van der Waals surface area (Å²) >= 11 is 8.16. The van der Waals surface area contributed by atoms with Crippen LogP contribution in [0.3, 0.4) is 0 Å². The number of nitrogens with one attached hydrogen (secondary N) is 1. The Balaban J connectivity index is 1.54. The molecule has 0 amide bonds. The highest BCUT2D eigenvalue weighted by atomic mass is 35.5. The van der Waals surface area contributed by atoms with Gasteiger partial charge in [-0.05, 0) is 68.8 Å². The van der Waals surface area contributed by atoms with Crippen molar-refractivity contribution in [1.29, 1.82) is 0 Å². The van der Waals surface area contributed by atoms with E-state index in [2.05, 4.69) is 57.7 Å². The number of benzene rings is 1. The highest BCUT2D eigenvalue weighted by molar-refractivity contribution is 7.98. The first kappa shape index (κ1) is 17.9. The van der Waals surface area contributed by atoms with Crippen LogP contribution in [-0.2, 0) is 13.0 Å². The van der Waals surface area contributed by atoms with Crippen LogP contribution < -0.4 is 0 Å². The van der Waals surface area contributed by atoms with Crippen LogP contribution >= 0.6 is 23.4 Å². The van der Waals surface area contributed by atoms with Gasteiger partial charge >= 0.3 is 0 Å². The van der Waals surface area contributed by atoms with Crippen molar-refractivity contribution in [3.8, 4) is 0 Å². The van der Waals surface area contributed by atoms with Crippen LogP contribution in [0.2, 0.25) is 5.15 Å². The first-order valence-electron chi connectivity index (χ1n) is 9.14. The Labute approximate surface area is 164 Å². The number of likely N-dealkylation sites (tertiary alicyclic amines) is 1. The van der Waals surface area contributed by atoms with Crippen molar-refractivity contribution in [3.05, 3.63) is 58.5 Å². The molecule has 0 bridgehead atoms. The molecule has 2 aromatic heterocycles. The molecule has 5 heteroatoms. The van der Waals surface area contributed by atoms with Gasteiger partial charge in [0.15, 0.2) is 0 Å². The number of rotatable bonds is 5. The molecule has 1 atom stereocenters. The summed E-state index contributed by atoms with van der Waals surface area (Å²) in [4.78, 5) is 11.7. The molecule has 1 aliphatic rings. The third-order valence-electron chi connectivity index (χ3n) is 5.37. The first-order chi connectivity index (χ1) is 12.6. The van der Waals surface area contributed by atoms with E-state index in [1.54, 1.807) is 11.8 Å². The monoisotopic (exact) mass is 385 g/mol. The van der Waals surface area contributed by atoms with Crippen molar-refractivity contribution in [2.45, 2.75) is 43.7 Å². The maximum Gasteiger partial charge on any atom is 0.133 e. The van der Waals surface area contributed by atoms with Gasteiger partial charge in [-0.15, -0.1) is 11.8 Å². The fraction of sp³-hybridized carbons (Fsp3) is 0.381. The Morgan fingerprint density at radius 3 is 2.96 bits per heavy atom. The number of thioether (sulfide) groups is 1. The number of hydrogen-bond donors (Lipinski definition) is 1. The van der Waals surface area contributed by atoms with E-state index in [4.69, 9.17) is 11.6 Å². The van der Waals surface area contributed by atoms with Crippen LogP contribution in [0.1, 0.15) is 29.7 Å². The zero-order chi connectivity index (χ0) is 18.1. The number of hydrogen-bond acceptors (Lipinski definition) is 3. The molecule has 1 fully saturated rings. The zero-order valence-electron chi connectivity index (χ0n) is 15.3. The summed E-state index contributed by atoms with van der Waals surface area (Å²) in [6, 6.07) is 11.4. The van der Waals surface area contributed by atoms with E-state index in [1.165, 1.54) is 34.2 Å². The second kappa shape index (κ2) is 7.63. The topological polar surface area (TPSA) is 31.9 Å². The summed E-state index contributed by atoms with van der Waals surface area (Å²) in [5, 5.41) is 2.01. The fourth-order valence-corrected chi connectivity index (χ4v) is 4.63. The van der Waals surface area contributed by atoms with E-state index in [0.717, 1.165) is 30.8 Å². The quantitative estimate of drug-likeness (QED) is 0.468. The van der Waals surface area contributed by atoms with E-state index in [-0.39, 0.29) is 0 Å². The molecule has 1 saturated heterocycles. The largest absolute Gasteiger partial charge is 0.361 e. The molecule has 1 N–H and O–H groups in total. The Morgan fingerprint density at radius 1 is 1.27 bits per heavy atom. The summed E-state index contributed by atoms with van der Waals surface area (Å²) in [5.74, 6) is 0. The summed E-state index contributed by atoms with van der Waals surface area (Å²) in [6.07, 6.45) is 7.89. The van der Waals surface area contributed by atoms with Crippen molar-refractivity contribution >= 4 is 34.3 Å². The molecule has 1 unspecified atom stereocenters. The van der Waals surface area contributed by atoms with E-state index >= 15 is 0 Å². The number of fused-ring (bicyclic) bond motifs is 1. The molecule has 0 spiro atoms. The van der Waals surface area contributed by atoms with Crippen LogP contribution in [0.4, 0.5) is 0 Å². The molecular weight excluding hydrogens is 362 g/mol. The number of aromatic amines is 1. The third kappa shape index (κ3) is 3.64. The summed E-state index contributed by atoms with van der Waals surface area (Å²) < 4.78 is 0. The predicted octanol–water partition coefficient (Wildman–Crippen LogP) is 5.45. The molecular formula is C21H24ClN3S. The summed E-state index contributed by atoms with van der Waals surface area (Å²) in [7, 11) is 0. The lowest BCUT2D eigenvalue weighted by molar-refractivity contribution is 0.244. The predicted molar refractivity (Wildman–Crippen MR) is 111 cm³/mol. The van der Waals surface area contributed by atoms with Crippen molar-refractivity contribution in [2.75, 3.05) is 12.8 Å². The SMILES string of the molecule is CSc1ccc2[nH]cc(CC3CCCN3Cc3ccc(C)nc3Cl)c2c1. The van der Waals surface area contributed by atoms with Crippen molar-refractivity contribution in [2.24, 2.45) is 0 Å². The maximum atomic E-state index is 6.36. The van der Waals surface area contributed by atoms with E-state index in [9.17, 15) is 0 Å². The minimum atomic E-state index is 0.560. The van der Waals surface area contributed by atoms with Crippen LogP contribution in [-0.4, -0.2) is 33.7 Å². The van der Waals surface area contributed by atoms with Gasteiger partial charge in [-0.1, -0.05) is 17.7 Å². The lowest BCUT2D eigenvalue weighted by atomic mass is 10.0. The normalized spacial score (nSPS) is 18.0. The Morgan fingerprint density at radius 2 is 2.15 bits per heavy atom. The van der Waals surface area contributed by atoms with Crippen LogP contribution in [0.25, 0.3) is 10.9 Å².